The van der Waals surface area contributed by atoms with E-state index in [1.54, 1.807) is 6.07 Å². The minimum Gasteiger partial charge on any atom is -0.395 e. The molecule has 104 valence electrons. The second-order valence-corrected chi connectivity index (χ2v) is 4.78. The van der Waals surface area contributed by atoms with E-state index >= 15 is 0 Å². The van der Waals surface area contributed by atoms with Gasteiger partial charge in [0.05, 0.1) is 6.61 Å². The lowest BCUT2D eigenvalue weighted by Gasteiger charge is -2.24. The quantitative estimate of drug-likeness (QED) is 0.826. The molecule has 0 unspecified atom stereocenters. The number of rotatable bonds is 5. The minimum absolute atomic E-state index is 0.0339. The Balaban J connectivity index is 2.88. The van der Waals surface area contributed by atoms with Crippen LogP contribution in [0, 0.1) is 17.7 Å². The van der Waals surface area contributed by atoms with Crippen molar-refractivity contribution in [1.82, 2.24) is 4.90 Å². The van der Waals surface area contributed by atoms with Gasteiger partial charge in [-0.25, -0.2) is 4.39 Å². The van der Waals surface area contributed by atoms with Crippen LogP contribution < -0.4 is 0 Å². The van der Waals surface area contributed by atoms with Crippen molar-refractivity contribution in [2.24, 2.45) is 0 Å². The second kappa shape index (κ2) is 7.93. The normalized spacial score (nSPS) is 10.7. The monoisotopic (exact) mass is 263 g/mol. The van der Waals surface area contributed by atoms with Crippen LogP contribution in [0.3, 0.4) is 0 Å². The van der Waals surface area contributed by atoms with Crippen LogP contribution in [0.15, 0.2) is 18.2 Å². The Morgan fingerprint density at radius 3 is 2.63 bits per heavy atom. The maximum Gasteiger partial charge on any atom is 0.124 e. The molecule has 0 atom stereocenters. The fourth-order valence-corrected chi connectivity index (χ4v) is 1.93. The number of aliphatic hydroxyl groups excluding tert-OH is 1. The van der Waals surface area contributed by atoms with Gasteiger partial charge in [0.25, 0.3) is 0 Å². The van der Waals surface area contributed by atoms with Gasteiger partial charge in [0, 0.05) is 24.6 Å². The highest BCUT2D eigenvalue weighted by molar-refractivity contribution is 5.37. The Kier molecular flexibility index (Phi) is 6.55. The molecule has 0 saturated carbocycles. The molecule has 0 amide bonds. The van der Waals surface area contributed by atoms with Crippen LogP contribution in [0.5, 0.6) is 0 Å². The second-order valence-electron chi connectivity index (χ2n) is 4.78. The van der Waals surface area contributed by atoms with Crippen molar-refractivity contribution in [2.45, 2.75) is 39.8 Å². The fourth-order valence-electron chi connectivity index (χ4n) is 1.93. The first-order valence-electron chi connectivity index (χ1n) is 6.70. The van der Waals surface area contributed by atoms with Crippen molar-refractivity contribution >= 4 is 0 Å². The third-order valence-electron chi connectivity index (χ3n) is 2.95. The van der Waals surface area contributed by atoms with Gasteiger partial charge < -0.3 is 5.11 Å². The molecule has 0 radical (unpaired) electrons. The minimum atomic E-state index is -0.259. The largest absolute Gasteiger partial charge is 0.395 e. The summed E-state index contributed by atoms with van der Waals surface area (Å²) in [6.45, 7) is 8.04. The lowest BCUT2D eigenvalue weighted by Crippen LogP contribution is -2.30. The third kappa shape index (κ3) is 5.42. The summed E-state index contributed by atoms with van der Waals surface area (Å²) < 4.78 is 13.6. The fraction of sp³-hybridized carbons (Fsp3) is 0.500. The zero-order valence-corrected chi connectivity index (χ0v) is 11.9. The molecule has 0 saturated heterocycles. The predicted octanol–water partition coefficient (Wildman–Crippen LogP) is 2.79. The summed E-state index contributed by atoms with van der Waals surface area (Å²) in [5.74, 6) is 5.44. The molecule has 1 aromatic rings. The summed E-state index contributed by atoms with van der Waals surface area (Å²) in [4.78, 5) is 2.26. The number of hydrogen-bond acceptors (Lipinski definition) is 2. The number of aliphatic hydroxyl groups is 1. The number of hydrogen-bond donors (Lipinski definition) is 1. The van der Waals surface area contributed by atoms with Crippen LogP contribution in [0.25, 0.3) is 0 Å². The number of benzene rings is 1. The molecular formula is C16H22FNO. The van der Waals surface area contributed by atoms with E-state index in [9.17, 15) is 4.39 Å². The lowest BCUT2D eigenvalue weighted by molar-refractivity contribution is 0.224. The summed E-state index contributed by atoms with van der Waals surface area (Å²) in [6.07, 6.45) is 0.416. The van der Waals surface area contributed by atoms with E-state index in [1.165, 1.54) is 6.07 Å². The first kappa shape index (κ1) is 15.7. The van der Waals surface area contributed by atoms with Gasteiger partial charge in [-0.2, -0.15) is 0 Å². The third-order valence-corrected chi connectivity index (χ3v) is 2.95. The summed E-state index contributed by atoms with van der Waals surface area (Å²) in [5.41, 5.74) is 1.60. The topological polar surface area (TPSA) is 23.5 Å². The summed E-state index contributed by atoms with van der Waals surface area (Å²) in [5, 5.41) is 8.68. The Morgan fingerprint density at radius 1 is 1.32 bits per heavy atom. The summed E-state index contributed by atoms with van der Waals surface area (Å²) in [6, 6.07) is 5.33. The van der Waals surface area contributed by atoms with Crippen molar-refractivity contribution in [3.63, 3.8) is 0 Å². The molecule has 1 N–H and O–H groups in total. The molecule has 3 heteroatoms. The van der Waals surface area contributed by atoms with E-state index in [4.69, 9.17) is 5.11 Å². The van der Waals surface area contributed by atoms with Crippen LogP contribution in [0.2, 0.25) is 0 Å². The molecule has 0 spiro atoms. The van der Waals surface area contributed by atoms with Crippen molar-refractivity contribution in [3.05, 3.63) is 35.1 Å². The van der Waals surface area contributed by atoms with Gasteiger partial charge in [0.15, 0.2) is 0 Å². The molecule has 0 bridgehead atoms. The SMILES string of the molecule is CCN(Cc1cc(F)cc(C#CCCO)c1)C(C)C. The predicted molar refractivity (Wildman–Crippen MR) is 76.2 cm³/mol. The molecule has 0 aliphatic heterocycles. The molecule has 0 heterocycles. The van der Waals surface area contributed by atoms with Crippen molar-refractivity contribution in [2.75, 3.05) is 13.2 Å². The van der Waals surface area contributed by atoms with E-state index in [0.717, 1.165) is 18.7 Å². The molecule has 1 aromatic carbocycles. The first-order chi connectivity index (χ1) is 9.06. The van der Waals surface area contributed by atoms with Gasteiger partial charge in [0.2, 0.25) is 0 Å². The Labute approximate surface area is 115 Å². The molecule has 0 aliphatic rings. The van der Waals surface area contributed by atoms with Gasteiger partial charge in [-0.3, -0.25) is 4.90 Å². The van der Waals surface area contributed by atoms with E-state index in [1.807, 2.05) is 6.07 Å². The van der Waals surface area contributed by atoms with Crippen molar-refractivity contribution in [3.8, 4) is 11.8 Å². The van der Waals surface area contributed by atoms with Gasteiger partial charge in [0.1, 0.15) is 5.82 Å². The van der Waals surface area contributed by atoms with Gasteiger partial charge >= 0.3 is 0 Å². The van der Waals surface area contributed by atoms with E-state index < -0.39 is 0 Å². The molecule has 1 rings (SSSR count). The van der Waals surface area contributed by atoms with Crippen LogP contribution >= 0.6 is 0 Å². The molecule has 0 fully saturated rings. The molecule has 19 heavy (non-hydrogen) atoms. The Bertz CT molecular complexity index is 460. The molecular weight excluding hydrogens is 241 g/mol. The van der Waals surface area contributed by atoms with Crippen LogP contribution in [-0.2, 0) is 6.54 Å². The highest BCUT2D eigenvalue weighted by Gasteiger charge is 2.08. The Hall–Kier alpha value is -1.37. The zero-order valence-electron chi connectivity index (χ0n) is 11.9. The van der Waals surface area contributed by atoms with Crippen molar-refractivity contribution < 1.29 is 9.50 Å². The first-order valence-corrected chi connectivity index (χ1v) is 6.70. The Morgan fingerprint density at radius 2 is 2.05 bits per heavy atom. The number of nitrogens with zero attached hydrogens (tertiary/aromatic N) is 1. The average Bonchev–Trinajstić information content (AvgIpc) is 2.35. The van der Waals surface area contributed by atoms with E-state index in [0.29, 0.717) is 18.0 Å². The maximum absolute atomic E-state index is 13.6. The molecule has 0 aliphatic carbocycles. The van der Waals surface area contributed by atoms with Crippen molar-refractivity contribution in [1.29, 1.82) is 0 Å². The van der Waals surface area contributed by atoms with Gasteiger partial charge in [-0.1, -0.05) is 18.8 Å². The molecule has 2 nitrogen and oxygen atoms in total. The van der Waals surface area contributed by atoms with Crippen LogP contribution in [0.4, 0.5) is 4.39 Å². The van der Waals surface area contributed by atoms with Gasteiger partial charge in [-0.15, -0.1) is 0 Å². The maximum atomic E-state index is 13.6. The zero-order chi connectivity index (χ0) is 14.3. The van der Waals surface area contributed by atoms with E-state index in [-0.39, 0.29) is 12.4 Å². The molecule has 0 aromatic heterocycles. The average molecular weight is 263 g/mol. The van der Waals surface area contributed by atoms with Crippen LogP contribution in [-0.4, -0.2) is 29.2 Å². The highest BCUT2D eigenvalue weighted by Crippen LogP contribution is 2.12. The summed E-state index contributed by atoms with van der Waals surface area (Å²) >= 11 is 0. The van der Waals surface area contributed by atoms with E-state index in [2.05, 4.69) is 37.5 Å². The highest BCUT2D eigenvalue weighted by atomic mass is 19.1. The smallest absolute Gasteiger partial charge is 0.124 e. The van der Waals surface area contributed by atoms with Crippen LogP contribution in [0.1, 0.15) is 38.3 Å². The number of halogens is 1. The lowest BCUT2D eigenvalue weighted by atomic mass is 10.1. The summed E-state index contributed by atoms with van der Waals surface area (Å²) in [7, 11) is 0. The van der Waals surface area contributed by atoms with Gasteiger partial charge in [-0.05, 0) is 44.2 Å². The standard InChI is InChI=1S/C16H22FNO/c1-4-18(13(2)3)12-15-9-14(7-5-6-8-19)10-16(17)11-15/h9-11,13,19H,4,6,8,12H2,1-3H3.